The first-order valence-corrected chi connectivity index (χ1v) is 8.93. The van der Waals surface area contributed by atoms with Gasteiger partial charge in [-0.2, -0.15) is 0 Å². The van der Waals surface area contributed by atoms with Gasteiger partial charge in [0.05, 0.1) is 13.1 Å². The molecule has 1 heterocycles. The number of amides is 1. The fourth-order valence-electron chi connectivity index (χ4n) is 2.57. The van der Waals surface area contributed by atoms with Gasteiger partial charge in [0.15, 0.2) is 0 Å². The number of halogens is 1. The SMILES string of the molecule is CC(C)C(=O)N(CCN(C)C)Cc1nccn1Cc1ccccc1Cl. The van der Waals surface area contributed by atoms with Crippen LogP contribution in [0.2, 0.25) is 5.02 Å². The summed E-state index contributed by atoms with van der Waals surface area (Å²) in [6, 6.07) is 7.79. The molecule has 0 atom stereocenters. The molecule has 0 saturated carbocycles. The quantitative estimate of drug-likeness (QED) is 0.724. The van der Waals surface area contributed by atoms with Crippen molar-refractivity contribution in [2.24, 2.45) is 5.92 Å². The zero-order valence-electron chi connectivity index (χ0n) is 15.4. The maximum Gasteiger partial charge on any atom is 0.225 e. The van der Waals surface area contributed by atoms with Gasteiger partial charge < -0.3 is 14.4 Å². The molecule has 0 saturated heterocycles. The summed E-state index contributed by atoms with van der Waals surface area (Å²) in [6.45, 7) is 6.52. The molecule has 0 bridgehead atoms. The normalized spacial score (nSPS) is 11.3. The molecule has 1 aromatic carbocycles. The molecule has 0 unspecified atom stereocenters. The van der Waals surface area contributed by atoms with Crippen molar-refractivity contribution in [1.82, 2.24) is 19.4 Å². The molecular formula is C19H27ClN4O. The first kappa shape index (κ1) is 19.5. The zero-order chi connectivity index (χ0) is 18.4. The van der Waals surface area contributed by atoms with Crippen LogP contribution >= 0.6 is 11.6 Å². The van der Waals surface area contributed by atoms with Crippen molar-refractivity contribution in [3.63, 3.8) is 0 Å². The minimum absolute atomic E-state index is 0.0332. The van der Waals surface area contributed by atoms with Gasteiger partial charge in [0.25, 0.3) is 0 Å². The molecule has 2 aromatic rings. The number of hydrogen-bond acceptors (Lipinski definition) is 3. The van der Waals surface area contributed by atoms with Crippen LogP contribution < -0.4 is 0 Å². The van der Waals surface area contributed by atoms with Crippen molar-refractivity contribution >= 4 is 17.5 Å². The molecule has 1 aromatic heterocycles. The van der Waals surface area contributed by atoms with Gasteiger partial charge in [-0.15, -0.1) is 0 Å². The van der Waals surface area contributed by atoms with Crippen molar-refractivity contribution in [3.05, 3.63) is 53.1 Å². The van der Waals surface area contributed by atoms with Crippen molar-refractivity contribution in [1.29, 1.82) is 0 Å². The molecule has 0 fully saturated rings. The van der Waals surface area contributed by atoms with Gasteiger partial charge in [-0.05, 0) is 25.7 Å². The number of carbonyl (C=O) groups is 1. The minimum Gasteiger partial charge on any atom is -0.334 e. The highest BCUT2D eigenvalue weighted by Crippen LogP contribution is 2.17. The Labute approximate surface area is 155 Å². The van der Waals surface area contributed by atoms with Crippen LogP contribution in [0.4, 0.5) is 0 Å². The summed E-state index contributed by atoms with van der Waals surface area (Å²) < 4.78 is 2.05. The number of benzene rings is 1. The monoisotopic (exact) mass is 362 g/mol. The average molecular weight is 363 g/mol. The van der Waals surface area contributed by atoms with Crippen molar-refractivity contribution in [2.75, 3.05) is 27.2 Å². The molecule has 136 valence electrons. The smallest absolute Gasteiger partial charge is 0.225 e. The molecule has 0 aliphatic rings. The van der Waals surface area contributed by atoms with Gasteiger partial charge in [0, 0.05) is 36.4 Å². The first-order chi connectivity index (χ1) is 11.9. The highest BCUT2D eigenvalue weighted by molar-refractivity contribution is 6.31. The average Bonchev–Trinajstić information content (AvgIpc) is 2.99. The van der Waals surface area contributed by atoms with Crippen LogP contribution in [-0.4, -0.2) is 52.4 Å². The standard InChI is InChI=1S/C19H27ClN4O/c1-15(2)19(25)24(12-11-22(3)4)14-18-21-9-10-23(18)13-16-7-5-6-8-17(16)20/h5-10,15H,11-14H2,1-4H3. The number of aromatic nitrogens is 2. The molecule has 6 heteroatoms. The third-order valence-electron chi connectivity index (χ3n) is 4.06. The van der Waals surface area contributed by atoms with Gasteiger partial charge in [-0.3, -0.25) is 4.79 Å². The molecule has 0 radical (unpaired) electrons. The summed E-state index contributed by atoms with van der Waals surface area (Å²) >= 11 is 6.27. The van der Waals surface area contributed by atoms with Gasteiger partial charge in [-0.25, -0.2) is 4.98 Å². The summed E-state index contributed by atoms with van der Waals surface area (Å²) in [5.74, 6) is 0.982. The van der Waals surface area contributed by atoms with E-state index in [0.29, 0.717) is 19.6 Å². The van der Waals surface area contributed by atoms with E-state index >= 15 is 0 Å². The number of carbonyl (C=O) groups excluding carboxylic acids is 1. The number of nitrogens with zero attached hydrogens (tertiary/aromatic N) is 4. The molecule has 0 N–H and O–H groups in total. The van der Waals surface area contributed by atoms with Crippen LogP contribution in [-0.2, 0) is 17.9 Å². The lowest BCUT2D eigenvalue weighted by molar-refractivity contribution is -0.135. The van der Waals surface area contributed by atoms with E-state index in [1.165, 1.54) is 0 Å². The maximum absolute atomic E-state index is 12.6. The second-order valence-corrected chi connectivity index (χ2v) is 7.19. The molecule has 1 amide bonds. The molecular weight excluding hydrogens is 336 g/mol. The van der Waals surface area contributed by atoms with Gasteiger partial charge in [0.2, 0.25) is 5.91 Å². The lowest BCUT2D eigenvalue weighted by Gasteiger charge is -2.26. The van der Waals surface area contributed by atoms with Crippen molar-refractivity contribution in [3.8, 4) is 0 Å². The summed E-state index contributed by atoms with van der Waals surface area (Å²) in [4.78, 5) is 21.0. The van der Waals surface area contributed by atoms with Crippen LogP contribution in [0.25, 0.3) is 0 Å². The van der Waals surface area contributed by atoms with Gasteiger partial charge >= 0.3 is 0 Å². The first-order valence-electron chi connectivity index (χ1n) is 8.55. The lowest BCUT2D eigenvalue weighted by Crippen LogP contribution is -2.39. The fraction of sp³-hybridized carbons (Fsp3) is 0.474. The Morgan fingerprint density at radius 2 is 1.96 bits per heavy atom. The topological polar surface area (TPSA) is 41.4 Å². The maximum atomic E-state index is 12.6. The summed E-state index contributed by atoms with van der Waals surface area (Å²) in [7, 11) is 4.02. The predicted molar refractivity (Wildman–Crippen MR) is 102 cm³/mol. The van der Waals surface area contributed by atoms with Crippen molar-refractivity contribution < 1.29 is 4.79 Å². The number of imidazole rings is 1. The molecule has 5 nitrogen and oxygen atoms in total. The number of likely N-dealkylation sites (N-methyl/N-ethyl adjacent to an activating group) is 1. The lowest BCUT2D eigenvalue weighted by atomic mass is 10.2. The van der Waals surface area contributed by atoms with Crippen LogP contribution in [0.15, 0.2) is 36.7 Å². The zero-order valence-corrected chi connectivity index (χ0v) is 16.2. The summed E-state index contributed by atoms with van der Waals surface area (Å²) in [5, 5.41) is 0.741. The third-order valence-corrected chi connectivity index (χ3v) is 4.42. The molecule has 25 heavy (non-hydrogen) atoms. The van der Waals surface area contributed by atoms with E-state index in [9.17, 15) is 4.79 Å². The summed E-state index contributed by atoms with van der Waals surface area (Å²) in [6.07, 6.45) is 3.71. The third kappa shape index (κ3) is 5.58. The molecule has 0 aliphatic heterocycles. The Balaban J connectivity index is 2.15. The number of rotatable bonds is 8. The number of hydrogen-bond donors (Lipinski definition) is 0. The van der Waals surface area contributed by atoms with Gasteiger partial charge in [0.1, 0.15) is 5.82 Å². The Morgan fingerprint density at radius 3 is 2.60 bits per heavy atom. The van der Waals surface area contributed by atoms with E-state index in [4.69, 9.17) is 11.6 Å². The van der Waals surface area contributed by atoms with E-state index < -0.39 is 0 Å². The summed E-state index contributed by atoms with van der Waals surface area (Å²) in [5.41, 5.74) is 1.04. The second kappa shape index (κ2) is 9.02. The highest BCUT2D eigenvalue weighted by atomic mass is 35.5. The largest absolute Gasteiger partial charge is 0.334 e. The minimum atomic E-state index is -0.0332. The van der Waals surface area contributed by atoms with E-state index in [1.807, 2.05) is 63.3 Å². The Kier molecular flexibility index (Phi) is 7.02. The Hall–Kier alpha value is -1.85. The fourth-order valence-corrected chi connectivity index (χ4v) is 2.77. The van der Waals surface area contributed by atoms with Gasteiger partial charge in [-0.1, -0.05) is 43.6 Å². The Bertz CT molecular complexity index is 696. The molecule has 2 rings (SSSR count). The molecule has 0 aliphatic carbocycles. The van der Waals surface area contributed by atoms with Crippen LogP contribution in [0.5, 0.6) is 0 Å². The van der Waals surface area contributed by atoms with E-state index in [1.54, 1.807) is 6.20 Å². The second-order valence-electron chi connectivity index (χ2n) is 6.78. The highest BCUT2D eigenvalue weighted by Gasteiger charge is 2.19. The van der Waals surface area contributed by atoms with E-state index in [2.05, 4.69) is 14.5 Å². The molecule has 0 spiro atoms. The van der Waals surface area contributed by atoms with Crippen LogP contribution in [0.1, 0.15) is 25.2 Å². The van der Waals surface area contributed by atoms with E-state index in [0.717, 1.165) is 23.0 Å². The Morgan fingerprint density at radius 1 is 1.24 bits per heavy atom. The van der Waals surface area contributed by atoms with Crippen molar-refractivity contribution in [2.45, 2.75) is 26.9 Å². The van der Waals surface area contributed by atoms with Crippen LogP contribution in [0, 0.1) is 5.92 Å². The van der Waals surface area contributed by atoms with Crippen LogP contribution in [0.3, 0.4) is 0 Å². The predicted octanol–water partition coefficient (Wildman–Crippen LogP) is 3.13. The van der Waals surface area contributed by atoms with E-state index in [-0.39, 0.29) is 11.8 Å².